The van der Waals surface area contributed by atoms with E-state index in [4.69, 9.17) is 19.7 Å². The fraction of sp³-hybridized carbons (Fsp3) is 0.472. The molecule has 8 rings (SSSR count). The second kappa shape index (κ2) is 11.1. The zero-order chi connectivity index (χ0) is 28.8. The van der Waals surface area contributed by atoms with Gasteiger partial charge in [-0.05, 0) is 93.1 Å². The summed E-state index contributed by atoms with van der Waals surface area (Å²) in [5, 5.41) is 2.68. The first kappa shape index (κ1) is 26.9. The zero-order valence-corrected chi connectivity index (χ0v) is 25.4. The summed E-state index contributed by atoms with van der Waals surface area (Å²) in [6.07, 6.45) is 10.9. The molecule has 43 heavy (non-hydrogen) atoms. The van der Waals surface area contributed by atoms with Crippen molar-refractivity contribution in [3.8, 4) is 6.01 Å². The number of pyridine rings is 1. The molecule has 4 aliphatic heterocycles. The molecule has 0 unspecified atom stereocenters. The van der Waals surface area contributed by atoms with Gasteiger partial charge in [-0.3, -0.25) is 9.88 Å². The number of nitrogens with zero attached hydrogens (tertiary/aromatic N) is 6. The molecule has 0 amide bonds. The average molecular weight is 575 g/mol. The van der Waals surface area contributed by atoms with Crippen molar-refractivity contribution in [1.29, 1.82) is 0 Å². The highest BCUT2D eigenvalue weighted by molar-refractivity contribution is 5.97. The molecule has 4 aliphatic rings. The Kier molecular flexibility index (Phi) is 6.93. The van der Waals surface area contributed by atoms with E-state index in [1.807, 2.05) is 6.20 Å². The maximum Gasteiger partial charge on any atom is 0.318 e. The molecule has 0 radical (unpaired) electrons. The summed E-state index contributed by atoms with van der Waals surface area (Å²) in [7, 11) is 0. The number of hydrogen-bond acceptors (Lipinski definition) is 7. The summed E-state index contributed by atoms with van der Waals surface area (Å²) in [5.41, 5.74) is 7.80. The van der Waals surface area contributed by atoms with Crippen molar-refractivity contribution in [3.63, 3.8) is 0 Å². The van der Waals surface area contributed by atoms with Crippen molar-refractivity contribution in [2.24, 2.45) is 0 Å². The highest BCUT2D eigenvalue weighted by Gasteiger charge is 2.45. The number of anilines is 2. The predicted octanol–water partition coefficient (Wildman–Crippen LogP) is 6.11. The van der Waals surface area contributed by atoms with Gasteiger partial charge in [0, 0.05) is 48.2 Å². The Morgan fingerprint density at radius 3 is 2.53 bits per heavy atom. The van der Waals surface area contributed by atoms with Crippen LogP contribution in [0.1, 0.15) is 67.1 Å². The number of aromatic nitrogens is 3. The van der Waals surface area contributed by atoms with Gasteiger partial charge in [0.2, 0.25) is 0 Å². The zero-order valence-electron chi connectivity index (χ0n) is 25.4. The maximum absolute atomic E-state index is 6.62. The Hall–Kier alpha value is -3.71. The largest absolute Gasteiger partial charge is 0.461 e. The van der Waals surface area contributed by atoms with Crippen molar-refractivity contribution in [2.45, 2.75) is 76.9 Å². The Bertz CT molecular complexity index is 1640. The number of rotatable bonds is 6. The minimum absolute atomic E-state index is 0.165. The first-order chi connectivity index (χ1) is 21.2. The second-order valence-electron chi connectivity index (χ2n) is 12.9. The van der Waals surface area contributed by atoms with Crippen LogP contribution in [0.3, 0.4) is 0 Å². The van der Waals surface area contributed by atoms with Gasteiger partial charge < -0.3 is 14.5 Å². The number of hydrogen-bond donors (Lipinski definition) is 0. The molecule has 6 heterocycles. The van der Waals surface area contributed by atoms with E-state index in [1.54, 1.807) is 0 Å². The summed E-state index contributed by atoms with van der Waals surface area (Å²) >= 11 is 0. The first-order valence-electron chi connectivity index (χ1n) is 16.4. The third-order valence-corrected chi connectivity index (χ3v) is 10.5. The minimum Gasteiger partial charge on any atom is -0.461 e. The Morgan fingerprint density at radius 2 is 1.67 bits per heavy atom. The van der Waals surface area contributed by atoms with Crippen LogP contribution >= 0.6 is 0 Å². The first-order valence-corrected chi connectivity index (χ1v) is 16.4. The van der Waals surface area contributed by atoms with Crippen molar-refractivity contribution in [2.75, 3.05) is 42.6 Å². The molecule has 0 spiro atoms. The van der Waals surface area contributed by atoms with Gasteiger partial charge in [-0.25, -0.2) is 0 Å². The molecule has 2 fully saturated rings. The molecular weight excluding hydrogens is 532 g/mol. The molecule has 0 atom stereocenters. The summed E-state index contributed by atoms with van der Waals surface area (Å²) in [4.78, 5) is 22.7. The summed E-state index contributed by atoms with van der Waals surface area (Å²) in [6.45, 7) is 8.84. The predicted molar refractivity (Wildman–Crippen MR) is 172 cm³/mol. The Morgan fingerprint density at radius 1 is 0.814 bits per heavy atom. The summed E-state index contributed by atoms with van der Waals surface area (Å²) in [6, 6.07) is 18.3. The summed E-state index contributed by atoms with van der Waals surface area (Å²) in [5.74, 6) is 1.07. The topological polar surface area (TPSA) is 57.6 Å². The van der Waals surface area contributed by atoms with E-state index in [2.05, 4.69) is 70.2 Å². The second-order valence-corrected chi connectivity index (χ2v) is 12.9. The fourth-order valence-corrected chi connectivity index (χ4v) is 8.28. The average Bonchev–Trinajstić information content (AvgIpc) is 3.56. The van der Waals surface area contributed by atoms with Crippen LogP contribution in [-0.4, -0.2) is 58.2 Å². The van der Waals surface area contributed by atoms with Gasteiger partial charge in [0.1, 0.15) is 12.4 Å². The maximum atomic E-state index is 6.62. The van der Waals surface area contributed by atoms with Gasteiger partial charge >= 0.3 is 6.01 Å². The standard InChI is InChI=1S/C36H42N6O/c1-2-26-9-3-10-27-11-4-14-32(33(26)27)40-22-15-29-31(24-40)38-35(43-25-36-16-7-20-42(36)21-8-17-36)39-34(29)41-19-6-13-30-28(23-41)12-5-18-37-30/h3-5,9-12,14,18H,2,6-8,13,15-17,19-25H2,1H3. The van der Waals surface area contributed by atoms with Crippen molar-refractivity contribution >= 4 is 22.3 Å². The van der Waals surface area contributed by atoms with E-state index in [1.165, 1.54) is 77.6 Å². The molecule has 0 saturated carbocycles. The number of ether oxygens (including phenoxy) is 1. The number of aryl methyl sites for hydroxylation is 2. The molecule has 222 valence electrons. The van der Waals surface area contributed by atoms with Crippen molar-refractivity contribution in [3.05, 3.63) is 82.8 Å². The van der Waals surface area contributed by atoms with E-state index in [0.29, 0.717) is 12.6 Å². The van der Waals surface area contributed by atoms with Crippen molar-refractivity contribution in [1.82, 2.24) is 19.9 Å². The molecule has 7 heteroatoms. The van der Waals surface area contributed by atoms with Crippen LogP contribution in [0, 0.1) is 0 Å². The molecule has 4 aromatic rings. The number of fused-ring (bicyclic) bond motifs is 4. The van der Waals surface area contributed by atoms with Crippen LogP contribution in [0.25, 0.3) is 10.8 Å². The lowest BCUT2D eigenvalue weighted by Crippen LogP contribution is -2.43. The highest BCUT2D eigenvalue weighted by Crippen LogP contribution is 2.40. The van der Waals surface area contributed by atoms with Gasteiger partial charge in [-0.2, -0.15) is 9.97 Å². The van der Waals surface area contributed by atoms with E-state index in [0.717, 1.165) is 63.4 Å². The van der Waals surface area contributed by atoms with E-state index < -0.39 is 0 Å². The Balaban J connectivity index is 1.17. The van der Waals surface area contributed by atoms with Gasteiger partial charge in [0.25, 0.3) is 0 Å². The smallest absolute Gasteiger partial charge is 0.318 e. The van der Waals surface area contributed by atoms with Crippen LogP contribution < -0.4 is 14.5 Å². The quantitative estimate of drug-likeness (QED) is 0.275. The highest BCUT2D eigenvalue weighted by atomic mass is 16.5. The molecule has 2 aromatic carbocycles. The van der Waals surface area contributed by atoms with Crippen LogP contribution in [0.4, 0.5) is 11.5 Å². The van der Waals surface area contributed by atoms with Crippen LogP contribution in [0.15, 0.2) is 54.7 Å². The molecule has 0 N–H and O–H groups in total. The number of benzene rings is 2. The Labute approximate surface area is 254 Å². The van der Waals surface area contributed by atoms with Gasteiger partial charge in [0.15, 0.2) is 0 Å². The van der Waals surface area contributed by atoms with Crippen molar-refractivity contribution < 1.29 is 4.74 Å². The lowest BCUT2D eigenvalue weighted by molar-refractivity contribution is 0.107. The van der Waals surface area contributed by atoms with Gasteiger partial charge in [-0.15, -0.1) is 0 Å². The normalized spacial score (nSPS) is 19.7. The fourth-order valence-electron chi connectivity index (χ4n) is 8.28. The molecule has 0 bridgehead atoms. The molecular formula is C36H42N6O. The van der Waals surface area contributed by atoms with Crippen LogP contribution in [0.5, 0.6) is 6.01 Å². The molecule has 2 aromatic heterocycles. The van der Waals surface area contributed by atoms with Crippen LogP contribution in [0.2, 0.25) is 0 Å². The van der Waals surface area contributed by atoms with Gasteiger partial charge in [0.05, 0.1) is 17.8 Å². The summed E-state index contributed by atoms with van der Waals surface area (Å²) < 4.78 is 6.62. The molecule has 2 saturated heterocycles. The van der Waals surface area contributed by atoms with E-state index in [9.17, 15) is 0 Å². The van der Waals surface area contributed by atoms with E-state index >= 15 is 0 Å². The molecule has 0 aliphatic carbocycles. The van der Waals surface area contributed by atoms with E-state index in [-0.39, 0.29) is 5.54 Å². The minimum atomic E-state index is 0.165. The van der Waals surface area contributed by atoms with Gasteiger partial charge in [-0.1, -0.05) is 43.3 Å². The lowest BCUT2D eigenvalue weighted by Gasteiger charge is -2.35. The van der Waals surface area contributed by atoms with Crippen LogP contribution in [-0.2, 0) is 32.4 Å². The molecule has 7 nitrogen and oxygen atoms in total. The lowest BCUT2D eigenvalue weighted by atomic mass is 9.95. The monoisotopic (exact) mass is 574 g/mol. The SMILES string of the molecule is CCc1cccc2cccc(N3CCc4c(nc(OCC56CCCN5CCC6)nc4N4CCCc5ncccc5C4)C3)c12. The third-order valence-electron chi connectivity index (χ3n) is 10.5. The third kappa shape index (κ3) is 4.82.